The van der Waals surface area contributed by atoms with Gasteiger partial charge in [-0.25, -0.2) is 0 Å². The molecule has 114 valence electrons. The summed E-state index contributed by atoms with van der Waals surface area (Å²) in [4.78, 5) is 33.3. The van der Waals surface area contributed by atoms with Crippen molar-refractivity contribution >= 4 is 23.0 Å². The molecule has 9 heteroatoms. The van der Waals surface area contributed by atoms with Crippen LogP contribution < -0.4 is 10.2 Å². The van der Waals surface area contributed by atoms with Crippen LogP contribution in [0.3, 0.4) is 0 Å². The third-order valence-electron chi connectivity index (χ3n) is 2.73. The first-order valence-corrected chi connectivity index (χ1v) is 6.27. The van der Waals surface area contributed by atoms with Crippen LogP contribution in [0.25, 0.3) is 0 Å². The van der Waals surface area contributed by atoms with E-state index in [1.807, 2.05) is 6.92 Å². The fourth-order valence-electron chi connectivity index (χ4n) is 1.72. The molecule has 0 atom stereocenters. The van der Waals surface area contributed by atoms with Gasteiger partial charge < -0.3 is 10.2 Å². The number of non-ortho nitro benzene ring substituents is 1. The van der Waals surface area contributed by atoms with Crippen molar-refractivity contribution in [2.45, 2.75) is 13.3 Å². The summed E-state index contributed by atoms with van der Waals surface area (Å²) in [5, 5.41) is 24.3. The normalized spacial score (nSPS) is 10.0. The zero-order valence-corrected chi connectivity index (χ0v) is 11.7. The largest absolute Gasteiger partial charge is 0.360 e. The number of nitrogens with zero attached hydrogens (tertiary/aromatic N) is 3. The molecule has 0 aromatic heterocycles. The fraction of sp³-hybridized carbons (Fsp3) is 0.417. The average Bonchev–Trinajstić information content (AvgIpc) is 2.44. The molecule has 1 N–H and O–H groups in total. The molecule has 9 nitrogen and oxygen atoms in total. The van der Waals surface area contributed by atoms with E-state index in [9.17, 15) is 25.0 Å². The van der Waals surface area contributed by atoms with Crippen molar-refractivity contribution < 1.29 is 14.6 Å². The Balaban J connectivity index is 2.98. The van der Waals surface area contributed by atoms with Crippen molar-refractivity contribution in [1.29, 1.82) is 0 Å². The third kappa shape index (κ3) is 4.41. The van der Waals surface area contributed by atoms with Crippen LogP contribution in [0.4, 0.5) is 17.1 Å². The summed E-state index contributed by atoms with van der Waals surface area (Å²) in [6.07, 6.45) is 0.785. The summed E-state index contributed by atoms with van der Waals surface area (Å²) in [6, 6.07) is 3.32. The van der Waals surface area contributed by atoms with Gasteiger partial charge in [0.15, 0.2) is 0 Å². The Morgan fingerprint density at radius 1 is 1.29 bits per heavy atom. The highest BCUT2D eigenvalue weighted by Crippen LogP contribution is 2.31. The molecule has 0 fully saturated rings. The first kappa shape index (κ1) is 16.3. The number of rotatable bonds is 7. The summed E-state index contributed by atoms with van der Waals surface area (Å²) in [5.41, 5.74) is -0.624. The van der Waals surface area contributed by atoms with Gasteiger partial charge in [0.25, 0.3) is 11.4 Å². The lowest BCUT2D eigenvalue weighted by Gasteiger charge is -2.18. The van der Waals surface area contributed by atoms with Gasteiger partial charge in [-0.1, -0.05) is 6.92 Å². The number of hydrogen-bond acceptors (Lipinski definition) is 6. The molecule has 21 heavy (non-hydrogen) atoms. The van der Waals surface area contributed by atoms with Crippen LogP contribution in [0.5, 0.6) is 0 Å². The smallest absolute Gasteiger partial charge is 0.299 e. The molecule has 0 radical (unpaired) electrons. The molecule has 0 aliphatic heterocycles. The number of carbonyl (C=O) groups excluding carboxylic acids is 1. The molecule has 0 aliphatic rings. The third-order valence-corrected chi connectivity index (χ3v) is 2.73. The van der Waals surface area contributed by atoms with Crippen LogP contribution in [0.1, 0.15) is 13.3 Å². The van der Waals surface area contributed by atoms with Crippen LogP contribution in [-0.2, 0) is 4.79 Å². The SMILES string of the molecule is CCCNC(=O)CN(C)c1ccc([N+](=O)[O-])cc1[N+](=O)[O-]. The van der Waals surface area contributed by atoms with Gasteiger partial charge in [0.2, 0.25) is 5.91 Å². The number of amides is 1. The van der Waals surface area contributed by atoms with Gasteiger partial charge in [0, 0.05) is 19.7 Å². The van der Waals surface area contributed by atoms with E-state index in [0.717, 1.165) is 12.5 Å². The monoisotopic (exact) mass is 296 g/mol. The van der Waals surface area contributed by atoms with E-state index in [1.54, 1.807) is 0 Å². The molecule has 1 rings (SSSR count). The molecule has 0 spiro atoms. The van der Waals surface area contributed by atoms with Crippen LogP contribution in [-0.4, -0.2) is 35.9 Å². The van der Waals surface area contributed by atoms with Gasteiger partial charge in [-0.2, -0.15) is 0 Å². The highest BCUT2D eigenvalue weighted by Gasteiger charge is 2.22. The summed E-state index contributed by atoms with van der Waals surface area (Å²) in [6.45, 7) is 2.36. The summed E-state index contributed by atoms with van der Waals surface area (Å²) >= 11 is 0. The molecule has 0 bridgehead atoms. The maximum Gasteiger partial charge on any atom is 0.299 e. The Hall–Kier alpha value is -2.71. The van der Waals surface area contributed by atoms with E-state index >= 15 is 0 Å². The standard InChI is InChI=1S/C12H16N4O5/c1-3-6-13-12(17)8-14(2)10-5-4-9(15(18)19)7-11(10)16(20)21/h4-5,7H,3,6,8H2,1-2H3,(H,13,17). The summed E-state index contributed by atoms with van der Waals surface area (Å²) in [7, 11) is 1.51. The van der Waals surface area contributed by atoms with E-state index in [2.05, 4.69) is 5.32 Å². The van der Waals surface area contributed by atoms with Gasteiger partial charge >= 0.3 is 0 Å². The minimum atomic E-state index is -0.706. The molecular formula is C12H16N4O5. The first-order chi connectivity index (χ1) is 9.86. The Morgan fingerprint density at radius 2 is 1.95 bits per heavy atom. The Kier molecular flexibility index (Phi) is 5.58. The van der Waals surface area contributed by atoms with Crippen molar-refractivity contribution in [3.63, 3.8) is 0 Å². The highest BCUT2D eigenvalue weighted by atomic mass is 16.6. The molecule has 0 unspecified atom stereocenters. The number of anilines is 1. The fourth-order valence-corrected chi connectivity index (χ4v) is 1.72. The maximum absolute atomic E-state index is 11.6. The number of hydrogen-bond donors (Lipinski definition) is 1. The van der Waals surface area contributed by atoms with E-state index in [4.69, 9.17) is 0 Å². The molecule has 0 aliphatic carbocycles. The zero-order chi connectivity index (χ0) is 16.0. The van der Waals surface area contributed by atoms with Crippen LogP contribution in [0.2, 0.25) is 0 Å². The Morgan fingerprint density at radius 3 is 2.48 bits per heavy atom. The number of nitro benzene ring substituents is 2. The van der Waals surface area contributed by atoms with Crippen molar-refractivity contribution in [1.82, 2.24) is 5.32 Å². The molecule has 0 saturated heterocycles. The number of benzene rings is 1. The second kappa shape index (κ2) is 7.17. The van der Waals surface area contributed by atoms with Gasteiger partial charge in [0.1, 0.15) is 5.69 Å². The number of nitro groups is 2. The summed E-state index contributed by atoms with van der Waals surface area (Å²) in [5.74, 6) is -0.271. The van der Waals surface area contributed by atoms with Crippen molar-refractivity contribution in [3.8, 4) is 0 Å². The predicted molar refractivity (Wildman–Crippen MR) is 76.3 cm³/mol. The number of carbonyl (C=O) groups is 1. The topological polar surface area (TPSA) is 119 Å². The lowest BCUT2D eigenvalue weighted by Crippen LogP contribution is -2.35. The molecule has 1 aromatic rings. The molecule has 1 aromatic carbocycles. The quantitative estimate of drug-likeness (QED) is 0.601. The van der Waals surface area contributed by atoms with Crippen LogP contribution in [0, 0.1) is 20.2 Å². The Bertz CT molecular complexity index is 561. The Labute approximate surface area is 120 Å². The van der Waals surface area contributed by atoms with Gasteiger partial charge in [0.05, 0.1) is 22.5 Å². The van der Waals surface area contributed by atoms with Crippen molar-refractivity contribution in [2.24, 2.45) is 0 Å². The molecule has 0 heterocycles. The van der Waals surface area contributed by atoms with E-state index in [0.29, 0.717) is 6.54 Å². The number of likely N-dealkylation sites (N-methyl/N-ethyl adjacent to an activating group) is 1. The second-order valence-corrected chi connectivity index (χ2v) is 4.39. The minimum Gasteiger partial charge on any atom is -0.360 e. The lowest BCUT2D eigenvalue weighted by molar-refractivity contribution is -0.393. The summed E-state index contributed by atoms with van der Waals surface area (Å²) < 4.78 is 0. The zero-order valence-electron chi connectivity index (χ0n) is 11.7. The first-order valence-electron chi connectivity index (χ1n) is 6.27. The molecule has 0 saturated carbocycles. The molecule has 1 amide bonds. The van der Waals surface area contributed by atoms with Gasteiger partial charge in [-0.15, -0.1) is 0 Å². The van der Waals surface area contributed by atoms with Crippen LogP contribution >= 0.6 is 0 Å². The van der Waals surface area contributed by atoms with Gasteiger partial charge in [-0.3, -0.25) is 25.0 Å². The van der Waals surface area contributed by atoms with E-state index in [-0.39, 0.29) is 23.8 Å². The van der Waals surface area contributed by atoms with Gasteiger partial charge in [-0.05, 0) is 12.5 Å². The van der Waals surface area contributed by atoms with Crippen molar-refractivity contribution in [3.05, 3.63) is 38.4 Å². The second-order valence-electron chi connectivity index (χ2n) is 4.39. The van der Waals surface area contributed by atoms with Crippen LogP contribution in [0.15, 0.2) is 18.2 Å². The minimum absolute atomic E-state index is 0.0708. The molecular weight excluding hydrogens is 280 g/mol. The highest BCUT2D eigenvalue weighted by molar-refractivity contribution is 5.82. The number of nitrogens with one attached hydrogen (secondary N) is 1. The predicted octanol–water partition coefficient (Wildman–Crippen LogP) is 1.47. The van der Waals surface area contributed by atoms with E-state index in [1.165, 1.54) is 24.1 Å². The van der Waals surface area contributed by atoms with Crippen molar-refractivity contribution in [2.75, 3.05) is 25.0 Å². The average molecular weight is 296 g/mol. The lowest BCUT2D eigenvalue weighted by atomic mass is 10.2. The maximum atomic E-state index is 11.6. The van der Waals surface area contributed by atoms with E-state index < -0.39 is 15.5 Å².